The van der Waals surface area contributed by atoms with Gasteiger partial charge in [0.1, 0.15) is 18.5 Å². The summed E-state index contributed by atoms with van der Waals surface area (Å²) in [5.41, 5.74) is 3.17. The number of hydrogen-bond acceptors (Lipinski definition) is 5. The molecule has 0 aliphatic carbocycles. The van der Waals surface area contributed by atoms with Gasteiger partial charge in [0, 0.05) is 23.1 Å². The molecule has 3 aromatic carbocycles. The maximum atomic E-state index is 12.0. The summed E-state index contributed by atoms with van der Waals surface area (Å²) in [6, 6.07) is 23.2. The lowest BCUT2D eigenvalue weighted by Gasteiger charge is -2.41. The molecule has 1 saturated heterocycles. The highest BCUT2D eigenvalue weighted by atomic mass is 35.5. The lowest BCUT2D eigenvalue weighted by molar-refractivity contribution is 0.0697. The van der Waals surface area contributed by atoms with E-state index < -0.39 is 12.1 Å². The fourth-order valence-corrected chi connectivity index (χ4v) is 4.24. The van der Waals surface area contributed by atoms with Gasteiger partial charge in [-0.1, -0.05) is 29.8 Å². The standard InChI is InChI=1S/C28H24ClN3O5/c29-20-8-10-21(11-9-20)30-28(35)36-18-19-6-12-22(13-7-19)37-23-16-32(17-23)25-5-3-4-24(27(33)34)26(25)31-14-1-2-15-31/h1-15,23H,16-18H2,(H,30,35)(H,33,34). The van der Waals surface area contributed by atoms with Gasteiger partial charge in [-0.15, -0.1) is 0 Å². The van der Waals surface area contributed by atoms with E-state index in [2.05, 4.69) is 10.2 Å². The van der Waals surface area contributed by atoms with Gasteiger partial charge < -0.3 is 24.0 Å². The molecule has 9 heteroatoms. The van der Waals surface area contributed by atoms with E-state index in [1.807, 2.05) is 59.4 Å². The third kappa shape index (κ3) is 5.70. The molecule has 1 aromatic heterocycles. The summed E-state index contributed by atoms with van der Waals surface area (Å²) in [4.78, 5) is 25.9. The molecule has 0 atom stereocenters. The van der Waals surface area contributed by atoms with E-state index in [0.29, 0.717) is 35.2 Å². The van der Waals surface area contributed by atoms with Crippen LogP contribution in [0.15, 0.2) is 91.3 Å². The molecule has 188 valence electrons. The summed E-state index contributed by atoms with van der Waals surface area (Å²) in [7, 11) is 0. The van der Waals surface area contributed by atoms with Crippen molar-refractivity contribution in [3.05, 3.63) is 107 Å². The van der Waals surface area contributed by atoms with Gasteiger partial charge >= 0.3 is 12.1 Å². The quantitative estimate of drug-likeness (QED) is 0.305. The number of anilines is 2. The molecule has 5 rings (SSSR count). The summed E-state index contributed by atoms with van der Waals surface area (Å²) in [5.74, 6) is -0.255. The molecule has 0 spiro atoms. The third-order valence-electron chi connectivity index (χ3n) is 5.98. The van der Waals surface area contributed by atoms with Crippen molar-refractivity contribution < 1.29 is 24.2 Å². The van der Waals surface area contributed by atoms with E-state index in [-0.39, 0.29) is 18.3 Å². The van der Waals surface area contributed by atoms with Crippen LogP contribution in [0.4, 0.5) is 16.2 Å². The zero-order valence-corrected chi connectivity index (χ0v) is 20.5. The average Bonchev–Trinajstić information content (AvgIpc) is 3.41. The monoisotopic (exact) mass is 517 g/mol. The second kappa shape index (κ2) is 10.7. The fourth-order valence-electron chi connectivity index (χ4n) is 4.12. The molecule has 0 unspecified atom stereocenters. The SMILES string of the molecule is O=C(Nc1ccc(Cl)cc1)OCc1ccc(OC2CN(c3cccc(C(=O)O)c3-n3cccc3)C2)cc1. The van der Waals surface area contributed by atoms with Crippen LogP contribution in [0.1, 0.15) is 15.9 Å². The zero-order chi connectivity index (χ0) is 25.8. The van der Waals surface area contributed by atoms with Gasteiger partial charge in [-0.3, -0.25) is 5.32 Å². The minimum absolute atomic E-state index is 0.0294. The summed E-state index contributed by atoms with van der Waals surface area (Å²) in [6.45, 7) is 1.39. The van der Waals surface area contributed by atoms with Crippen LogP contribution in [-0.4, -0.2) is 40.9 Å². The van der Waals surface area contributed by atoms with Crippen LogP contribution in [-0.2, 0) is 11.3 Å². The Bertz CT molecular complexity index is 1380. The predicted octanol–water partition coefficient (Wildman–Crippen LogP) is 5.85. The number of carboxylic acid groups (broad SMARTS) is 1. The van der Waals surface area contributed by atoms with Gasteiger partial charge in [0.25, 0.3) is 0 Å². The molecule has 0 bridgehead atoms. The van der Waals surface area contributed by atoms with Gasteiger partial charge in [0.2, 0.25) is 0 Å². The smallest absolute Gasteiger partial charge is 0.411 e. The molecular weight excluding hydrogens is 494 g/mol. The van der Waals surface area contributed by atoms with Crippen LogP contribution in [0.25, 0.3) is 5.69 Å². The van der Waals surface area contributed by atoms with E-state index in [4.69, 9.17) is 21.1 Å². The van der Waals surface area contributed by atoms with Crippen LogP contribution in [0.5, 0.6) is 5.75 Å². The lowest BCUT2D eigenvalue weighted by Crippen LogP contribution is -2.54. The minimum Gasteiger partial charge on any atom is -0.487 e. The van der Waals surface area contributed by atoms with Crippen molar-refractivity contribution >= 4 is 35.0 Å². The highest BCUT2D eigenvalue weighted by Gasteiger charge is 2.31. The van der Waals surface area contributed by atoms with E-state index in [0.717, 1.165) is 11.3 Å². The molecule has 2 N–H and O–H groups in total. The Morgan fingerprint density at radius 1 is 0.946 bits per heavy atom. The number of aromatic nitrogens is 1. The number of benzene rings is 3. The summed E-state index contributed by atoms with van der Waals surface area (Å²) >= 11 is 5.85. The zero-order valence-electron chi connectivity index (χ0n) is 19.7. The molecule has 1 fully saturated rings. The molecule has 1 amide bonds. The molecule has 8 nitrogen and oxygen atoms in total. The minimum atomic E-state index is -0.967. The molecule has 1 aliphatic rings. The Balaban J connectivity index is 1.14. The summed E-state index contributed by atoms with van der Waals surface area (Å²) in [6.07, 6.45) is 3.10. The molecular formula is C28H24ClN3O5. The van der Waals surface area contributed by atoms with Crippen molar-refractivity contribution in [2.24, 2.45) is 0 Å². The first-order valence-electron chi connectivity index (χ1n) is 11.7. The van der Waals surface area contributed by atoms with Gasteiger partial charge in [0.15, 0.2) is 0 Å². The Hall–Kier alpha value is -4.43. The highest BCUT2D eigenvalue weighted by molar-refractivity contribution is 6.30. The number of halogens is 1. The Labute approximate surface area is 218 Å². The van der Waals surface area contributed by atoms with Crippen molar-refractivity contribution in [2.75, 3.05) is 23.3 Å². The predicted molar refractivity (Wildman–Crippen MR) is 141 cm³/mol. The number of aromatic carboxylic acids is 1. The van der Waals surface area contributed by atoms with Crippen LogP contribution >= 0.6 is 11.6 Å². The number of nitrogens with one attached hydrogen (secondary N) is 1. The number of ether oxygens (including phenoxy) is 2. The van der Waals surface area contributed by atoms with Crippen LogP contribution in [0.2, 0.25) is 5.02 Å². The van der Waals surface area contributed by atoms with Gasteiger partial charge in [-0.05, 0) is 66.2 Å². The average molecular weight is 518 g/mol. The van der Waals surface area contributed by atoms with E-state index in [9.17, 15) is 14.7 Å². The molecule has 1 aliphatic heterocycles. The van der Waals surface area contributed by atoms with Crippen molar-refractivity contribution in [3.63, 3.8) is 0 Å². The number of amides is 1. The number of carbonyl (C=O) groups excluding carboxylic acids is 1. The Morgan fingerprint density at radius 2 is 1.65 bits per heavy atom. The second-order valence-electron chi connectivity index (χ2n) is 8.57. The topological polar surface area (TPSA) is 93.0 Å². The van der Waals surface area contributed by atoms with Crippen LogP contribution in [0, 0.1) is 0 Å². The van der Waals surface area contributed by atoms with Gasteiger partial charge in [0.05, 0.1) is 30.0 Å². The number of para-hydroxylation sites is 1. The van der Waals surface area contributed by atoms with Gasteiger partial charge in [-0.25, -0.2) is 9.59 Å². The van der Waals surface area contributed by atoms with Crippen LogP contribution in [0.3, 0.4) is 0 Å². The second-order valence-corrected chi connectivity index (χ2v) is 9.00. The number of carbonyl (C=O) groups is 2. The first kappa shape index (κ1) is 24.3. The van der Waals surface area contributed by atoms with Crippen molar-refractivity contribution in [1.82, 2.24) is 4.57 Å². The van der Waals surface area contributed by atoms with Crippen molar-refractivity contribution in [3.8, 4) is 11.4 Å². The number of hydrogen-bond donors (Lipinski definition) is 2. The number of rotatable bonds is 8. The maximum Gasteiger partial charge on any atom is 0.411 e. The molecule has 0 radical (unpaired) electrons. The molecule has 37 heavy (non-hydrogen) atoms. The lowest BCUT2D eigenvalue weighted by atomic mass is 10.1. The van der Waals surface area contributed by atoms with E-state index in [1.54, 1.807) is 36.4 Å². The third-order valence-corrected chi connectivity index (χ3v) is 6.24. The summed E-state index contributed by atoms with van der Waals surface area (Å²) < 4.78 is 13.2. The molecule has 2 heterocycles. The number of carboxylic acids is 1. The Morgan fingerprint density at radius 3 is 2.32 bits per heavy atom. The maximum absolute atomic E-state index is 12.0. The van der Waals surface area contributed by atoms with Crippen molar-refractivity contribution in [1.29, 1.82) is 0 Å². The first-order chi connectivity index (χ1) is 18.0. The molecule has 4 aromatic rings. The number of nitrogens with zero attached hydrogens (tertiary/aromatic N) is 2. The Kier molecular flexibility index (Phi) is 7.00. The fraction of sp³-hybridized carbons (Fsp3) is 0.143. The molecule has 0 saturated carbocycles. The van der Waals surface area contributed by atoms with E-state index in [1.165, 1.54) is 0 Å². The van der Waals surface area contributed by atoms with Gasteiger partial charge in [-0.2, -0.15) is 0 Å². The largest absolute Gasteiger partial charge is 0.487 e. The summed E-state index contributed by atoms with van der Waals surface area (Å²) in [5, 5.41) is 12.9. The van der Waals surface area contributed by atoms with E-state index >= 15 is 0 Å². The first-order valence-corrected chi connectivity index (χ1v) is 12.0. The normalized spacial score (nSPS) is 13.1. The highest BCUT2D eigenvalue weighted by Crippen LogP contribution is 2.32. The van der Waals surface area contributed by atoms with Crippen LogP contribution < -0.4 is 15.0 Å². The van der Waals surface area contributed by atoms with Crippen molar-refractivity contribution in [2.45, 2.75) is 12.7 Å².